The van der Waals surface area contributed by atoms with Crippen molar-refractivity contribution >= 4 is 23.3 Å². The van der Waals surface area contributed by atoms with E-state index in [2.05, 4.69) is 15.2 Å². The molecule has 2 aliphatic rings. The van der Waals surface area contributed by atoms with E-state index in [-0.39, 0.29) is 18.4 Å². The molecule has 170 valence electrons. The normalized spacial score (nSPS) is 16.8. The molecular weight excluding hydrogens is 402 g/mol. The van der Waals surface area contributed by atoms with Gasteiger partial charge in [-0.15, -0.1) is 0 Å². The highest BCUT2D eigenvalue weighted by atomic mass is 16.2. The highest BCUT2D eigenvalue weighted by Gasteiger charge is 2.27. The Bertz CT molecular complexity index is 925. The summed E-state index contributed by atoms with van der Waals surface area (Å²) in [5, 5.41) is 3.08. The number of hydrogen-bond acceptors (Lipinski definition) is 5. The smallest absolute Gasteiger partial charge is 0.255 e. The molecule has 0 bridgehead atoms. The van der Waals surface area contributed by atoms with Crippen LogP contribution in [0.3, 0.4) is 0 Å². The number of pyridine rings is 1. The molecule has 7 nitrogen and oxygen atoms in total. The van der Waals surface area contributed by atoms with Gasteiger partial charge in [-0.3, -0.25) is 9.59 Å². The van der Waals surface area contributed by atoms with Crippen LogP contribution in [-0.2, 0) is 11.3 Å². The molecule has 2 amide bonds. The SMILES string of the molecule is CCN(CCN1CCCCCC1)C(=O)c1cnc2c(c1)N(Cc1ccccc1)C(=O)CN2. The molecule has 1 saturated heterocycles. The van der Waals surface area contributed by atoms with Crippen LogP contribution in [0, 0.1) is 0 Å². The van der Waals surface area contributed by atoms with E-state index in [4.69, 9.17) is 0 Å². The van der Waals surface area contributed by atoms with Crippen molar-refractivity contribution in [2.75, 3.05) is 49.5 Å². The fourth-order valence-electron chi connectivity index (χ4n) is 4.45. The monoisotopic (exact) mass is 435 g/mol. The third-order valence-corrected chi connectivity index (χ3v) is 6.35. The van der Waals surface area contributed by atoms with Gasteiger partial charge in [0.05, 0.1) is 24.3 Å². The van der Waals surface area contributed by atoms with Gasteiger partial charge < -0.3 is 20.0 Å². The molecule has 7 heteroatoms. The van der Waals surface area contributed by atoms with Gasteiger partial charge in [0.25, 0.3) is 5.91 Å². The number of anilines is 2. The molecule has 3 heterocycles. The van der Waals surface area contributed by atoms with Crippen LogP contribution in [-0.4, -0.2) is 65.9 Å². The summed E-state index contributed by atoms with van der Waals surface area (Å²) in [4.78, 5) is 36.5. The fourth-order valence-corrected chi connectivity index (χ4v) is 4.45. The van der Waals surface area contributed by atoms with Crippen LogP contribution in [0.2, 0.25) is 0 Å². The molecule has 2 aromatic rings. The lowest BCUT2D eigenvalue weighted by Crippen LogP contribution is -2.41. The summed E-state index contributed by atoms with van der Waals surface area (Å²) in [5.41, 5.74) is 2.23. The van der Waals surface area contributed by atoms with Crippen molar-refractivity contribution in [2.24, 2.45) is 0 Å². The van der Waals surface area contributed by atoms with Gasteiger partial charge in [0.2, 0.25) is 5.91 Å². The van der Waals surface area contributed by atoms with Gasteiger partial charge in [-0.05, 0) is 44.5 Å². The number of hydrogen-bond donors (Lipinski definition) is 1. The molecule has 4 rings (SSSR count). The van der Waals surface area contributed by atoms with Crippen LogP contribution in [0.4, 0.5) is 11.5 Å². The zero-order valence-corrected chi connectivity index (χ0v) is 18.9. The van der Waals surface area contributed by atoms with Crippen LogP contribution in [0.15, 0.2) is 42.6 Å². The summed E-state index contributed by atoms with van der Waals surface area (Å²) < 4.78 is 0. The molecule has 0 saturated carbocycles. The lowest BCUT2D eigenvalue weighted by atomic mass is 10.1. The number of carbonyl (C=O) groups is 2. The van der Waals surface area contributed by atoms with Crippen LogP contribution in [0.5, 0.6) is 0 Å². The first-order chi connectivity index (χ1) is 15.7. The van der Waals surface area contributed by atoms with Gasteiger partial charge in [0.15, 0.2) is 5.82 Å². The van der Waals surface area contributed by atoms with E-state index < -0.39 is 0 Å². The molecule has 32 heavy (non-hydrogen) atoms. The average Bonchev–Trinajstić information content (AvgIpc) is 3.10. The summed E-state index contributed by atoms with van der Waals surface area (Å²) in [6.07, 6.45) is 6.72. The number of likely N-dealkylation sites (tertiary alicyclic amines) is 1. The van der Waals surface area contributed by atoms with E-state index in [9.17, 15) is 9.59 Å². The Labute approximate surface area is 190 Å². The van der Waals surface area contributed by atoms with Gasteiger partial charge in [0, 0.05) is 25.8 Å². The Hall–Kier alpha value is -2.93. The molecule has 1 aromatic carbocycles. The van der Waals surface area contributed by atoms with Crippen molar-refractivity contribution in [2.45, 2.75) is 39.2 Å². The van der Waals surface area contributed by atoms with Crippen molar-refractivity contribution in [1.82, 2.24) is 14.8 Å². The number of fused-ring (bicyclic) bond motifs is 1. The molecule has 1 N–H and O–H groups in total. The molecule has 0 atom stereocenters. The van der Waals surface area contributed by atoms with Crippen molar-refractivity contribution in [1.29, 1.82) is 0 Å². The largest absolute Gasteiger partial charge is 0.359 e. The molecule has 2 aliphatic heterocycles. The van der Waals surface area contributed by atoms with E-state index in [0.29, 0.717) is 36.7 Å². The minimum atomic E-state index is -0.0321. The lowest BCUT2D eigenvalue weighted by Gasteiger charge is -2.30. The minimum absolute atomic E-state index is 0.0266. The number of rotatable bonds is 7. The van der Waals surface area contributed by atoms with E-state index in [0.717, 1.165) is 25.2 Å². The minimum Gasteiger partial charge on any atom is -0.359 e. The Morgan fingerprint density at radius 3 is 2.59 bits per heavy atom. The predicted molar refractivity (Wildman–Crippen MR) is 127 cm³/mol. The first-order valence-electron chi connectivity index (χ1n) is 11.8. The highest BCUT2D eigenvalue weighted by molar-refractivity contribution is 6.04. The first-order valence-corrected chi connectivity index (χ1v) is 11.8. The summed E-state index contributed by atoms with van der Waals surface area (Å²) in [6, 6.07) is 11.7. The average molecular weight is 436 g/mol. The Balaban J connectivity index is 1.49. The van der Waals surface area contributed by atoms with Crippen molar-refractivity contribution in [3.05, 3.63) is 53.7 Å². The second-order valence-electron chi connectivity index (χ2n) is 8.55. The van der Waals surface area contributed by atoms with Gasteiger partial charge in [-0.2, -0.15) is 0 Å². The van der Waals surface area contributed by atoms with Gasteiger partial charge >= 0.3 is 0 Å². The summed E-state index contributed by atoms with van der Waals surface area (Å²) in [6.45, 7) is 7.17. The van der Waals surface area contributed by atoms with E-state index >= 15 is 0 Å². The third-order valence-electron chi connectivity index (χ3n) is 6.35. The lowest BCUT2D eigenvalue weighted by molar-refractivity contribution is -0.117. The summed E-state index contributed by atoms with van der Waals surface area (Å²) >= 11 is 0. The number of nitrogens with one attached hydrogen (secondary N) is 1. The third kappa shape index (κ3) is 5.27. The van der Waals surface area contributed by atoms with Crippen LogP contribution >= 0.6 is 0 Å². The highest BCUT2D eigenvalue weighted by Crippen LogP contribution is 2.30. The van der Waals surface area contributed by atoms with E-state index in [1.165, 1.54) is 25.7 Å². The molecule has 0 unspecified atom stereocenters. The van der Waals surface area contributed by atoms with Crippen LogP contribution in [0.25, 0.3) is 0 Å². The number of nitrogens with zero attached hydrogens (tertiary/aromatic N) is 4. The second kappa shape index (κ2) is 10.6. The zero-order chi connectivity index (χ0) is 22.3. The topological polar surface area (TPSA) is 68.8 Å². The molecule has 0 radical (unpaired) electrons. The fraction of sp³-hybridized carbons (Fsp3) is 0.480. The molecule has 0 spiro atoms. The van der Waals surface area contributed by atoms with Gasteiger partial charge in [-0.1, -0.05) is 43.2 Å². The van der Waals surface area contributed by atoms with Crippen molar-refractivity contribution in [3.8, 4) is 0 Å². The van der Waals surface area contributed by atoms with Crippen molar-refractivity contribution in [3.63, 3.8) is 0 Å². The number of amides is 2. The van der Waals surface area contributed by atoms with Crippen LogP contribution in [0.1, 0.15) is 48.5 Å². The first kappa shape index (κ1) is 22.3. The van der Waals surface area contributed by atoms with E-state index in [1.807, 2.05) is 48.2 Å². The summed E-state index contributed by atoms with van der Waals surface area (Å²) in [7, 11) is 0. The predicted octanol–water partition coefficient (Wildman–Crippen LogP) is 3.38. The maximum Gasteiger partial charge on any atom is 0.255 e. The number of benzene rings is 1. The van der Waals surface area contributed by atoms with Gasteiger partial charge in [-0.25, -0.2) is 4.98 Å². The van der Waals surface area contributed by atoms with Crippen molar-refractivity contribution < 1.29 is 9.59 Å². The van der Waals surface area contributed by atoms with Crippen LogP contribution < -0.4 is 10.2 Å². The standard InChI is InChI=1S/C25H33N5O2/c1-2-29(15-14-28-12-8-3-4-9-13-28)25(32)21-16-22-24(26-17-21)27-18-23(31)30(22)19-20-10-6-5-7-11-20/h5-7,10-11,16-17H,2-4,8-9,12-15,18-19H2,1H3,(H,26,27). The molecular formula is C25H33N5O2. The Morgan fingerprint density at radius 2 is 1.88 bits per heavy atom. The maximum atomic E-state index is 13.3. The number of likely N-dealkylation sites (N-methyl/N-ethyl adjacent to an activating group) is 1. The Morgan fingerprint density at radius 1 is 1.12 bits per heavy atom. The maximum absolute atomic E-state index is 13.3. The number of carbonyl (C=O) groups excluding carboxylic acids is 2. The number of aromatic nitrogens is 1. The molecule has 0 aliphatic carbocycles. The van der Waals surface area contributed by atoms with E-state index in [1.54, 1.807) is 11.1 Å². The van der Waals surface area contributed by atoms with Gasteiger partial charge in [0.1, 0.15) is 0 Å². The molecule has 1 fully saturated rings. The second-order valence-corrected chi connectivity index (χ2v) is 8.55. The molecule has 1 aromatic heterocycles. The quantitative estimate of drug-likeness (QED) is 0.722. The zero-order valence-electron chi connectivity index (χ0n) is 18.9. The summed E-state index contributed by atoms with van der Waals surface area (Å²) in [5.74, 6) is 0.585. The Kier molecular flexibility index (Phi) is 7.37.